The van der Waals surface area contributed by atoms with Gasteiger partial charge in [0.15, 0.2) is 11.5 Å². The third kappa shape index (κ3) is 3.28. The molecular formula is C14H20O7. The van der Waals surface area contributed by atoms with Crippen molar-refractivity contribution in [3.63, 3.8) is 0 Å². The fourth-order valence-electron chi connectivity index (χ4n) is 2.16. The summed E-state index contributed by atoms with van der Waals surface area (Å²) >= 11 is 0. The third-order valence-corrected chi connectivity index (χ3v) is 3.41. The van der Waals surface area contributed by atoms with E-state index in [1.165, 1.54) is 7.11 Å². The molecule has 1 fully saturated rings. The van der Waals surface area contributed by atoms with Crippen molar-refractivity contribution in [1.29, 1.82) is 0 Å². The Morgan fingerprint density at radius 1 is 1.10 bits per heavy atom. The lowest BCUT2D eigenvalue weighted by atomic mass is 9.99. The van der Waals surface area contributed by atoms with Gasteiger partial charge in [-0.05, 0) is 24.6 Å². The summed E-state index contributed by atoms with van der Waals surface area (Å²) < 4.78 is 16.0. The SMILES string of the molecule is COc1cc(C)ccc1OC1OC(CO)C(O)C(O)C1O. The van der Waals surface area contributed by atoms with Crippen LogP contribution in [-0.4, -0.2) is 64.8 Å². The summed E-state index contributed by atoms with van der Waals surface area (Å²) in [5.41, 5.74) is 0.966. The summed E-state index contributed by atoms with van der Waals surface area (Å²) in [5, 5.41) is 38.5. The van der Waals surface area contributed by atoms with E-state index in [1.807, 2.05) is 6.92 Å². The number of aliphatic hydroxyl groups excluding tert-OH is 4. The molecule has 1 aliphatic heterocycles. The van der Waals surface area contributed by atoms with E-state index in [1.54, 1.807) is 18.2 Å². The zero-order valence-electron chi connectivity index (χ0n) is 11.8. The highest BCUT2D eigenvalue weighted by atomic mass is 16.7. The number of aliphatic hydroxyl groups is 4. The Morgan fingerprint density at radius 2 is 1.81 bits per heavy atom. The summed E-state index contributed by atoms with van der Waals surface area (Å²) in [6.07, 6.45) is -6.57. The van der Waals surface area contributed by atoms with E-state index >= 15 is 0 Å². The van der Waals surface area contributed by atoms with Crippen molar-refractivity contribution >= 4 is 0 Å². The number of methoxy groups -OCH3 is 1. The third-order valence-electron chi connectivity index (χ3n) is 3.41. The molecule has 1 saturated heterocycles. The van der Waals surface area contributed by atoms with Gasteiger partial charge in [0.2, 0.25) is 6.29 Å². The largest absolute Gasteiger partial charge is 0.493 e. The molecule has 4 N–H and O–H groups in total. The van der Waals surface area contributed by atoms with Gasteiger partial charge in [-0.3, -0.25) is 0 Å². The first-order valence-corrected chi connectivity index (χ1v) is 6.59. The predicted octanol–water partition coefficient (Wildman–Crippen LogP) is -0.818. The second kappa shape index (κ2) is 6.59. The van der Waals surface area contributed by atoms with Crippen molar-refractivity contribution in [2.24, 2.45) is 0 Å². The fraction of sp³-hybridized carbons (Fsp3) is 0.571. The maximum absolute atomic E-state index is 9.92. The molecule has 2 rings (SSSR count). The number of hydrogen-bond donors (Lipinski definition) is 4. The van der Waals surface area contributed by atoms with Gasteiger partial charge in [-0.15, -0.1) is 0 Å². The minimum atomic E-state index is -1.47. The van der Waals surface area contributed by atoms with Crippen LogP contribution in [0.25, 0.3) is 0 Å². The summed E-state index contributed by atoms with van der Waals surface area (Å²) in [6.45, 7) is 1.38. The lowest BCUT2D eigenvalue weighted by molar-refractivity contribution is -0.277. The molecule has 0 saturated carbocycles. The fourth-order valence-corrected chi connectivity index (χ4v) is 2.16. The first-order valence-electron chi connectivity index (χ1n) is 6.59. The number of hydrogen-bond acceptors (Lipinski definition) is 7. The van der Waals surface area contributed by atoms with Gasteiger partial charge in [0.1, 0.15) is 24.4 Å². The first-order chi connectivity index (χ1) is 9.97. The summed E-state index contributed by atoms with van der Waals surface area (Å²) in [7, 11) is 1.48. The van der Waals surface area contributed by atoms with Gasteiger partial charge in [-0.25, -0.2) is 0 Å². The number of rotatable bonds is 4. The van der Waals surface area contributed by atoms with Gasteiger partial charge in [0.25, 0.3) is 0 Å². The molecule has 1 aromatic rings. The highest BCUT2D eigenvalue weighted by Crippen LogP contribution is 2.31. The van der Waals surface area contributed by atoms with E-state index in [4.69, 9.17) is 19.3 Å². The maximum Gasteiger partial charge on any atom is 0.229 e. The highest BCUT2D eigenvalue weighted by Gasteiger charge is 2.44. The normalized spacial score (nSPS) is 32.8. The number of ether oxygens (including phenoxy) is 3. The van der Waals surface area contributed by atoms with Gasteiger partial charge in [-0.2, -0.15) is 0 Å². The molecule has 0 amide bonds. The van der Waals surface area contributed by atoms with Crippen molar-refractivity contribution in [2.45, 2.75) is 37.6 Å². The van der Waals surface area contributed by atoms with Gasteiger partial charge in [-0.1, -0.05) is 6.07 Å². The Hall–Kier alpha value is -1.38. The molecule has 7 heteroatoms. The minimum Gasteiger partial charge on any atom is -0.493 e. The van der Waals surface area contributed by atoms with Crippen LogP contribution >= 0.6 is 0 Å². The monoisotopic (exact) mass is 300 g/mol. The molecule has 0 spiro atoms. The summed E-state index contributed by atoms with van der Waals surface area (Å²) in [5.74, 6) is 0.777. The van der Waals surface area contributed by atoms with Crippen LogP contribution in [0.15, 0.2) is 18.2 Å². The molecule has 7 nitrogen and oxygen atoms in total. The van der Waals surface area contributed by atoms with Crippen LogP contribution < -0.4 is 9.47 Å². The second-order valence-electron chi connectivity index (χ2n) is 4.97. The van der Waals surface area contributed by atoms with Crippen LogP contribution in [0.5, 0.6) is 11.5 Å². The van der Waals surface area contributed by atoms with Crippen LogP contribution in [-0.2, 0) is 4.74 Å². The second-order valence-corrected chi connectivity index (χ2v) is 4.97. The quantitative estimate of drug-likeness (QED) is 0.575. The van der Waals surface area contributed by atoms with E-state index in [0.29, 0.717) is 11.5 Å². The lowest BCUT2D eigenvalue weighted by Crippen LogP contribution is -2.60. The van der Waals surface area contributed by atoms with Gasteiger partial charge < -0.3 is 34.6 Å². The average Bonchev–Trinajstić information content (AvgIpc) is 2.49. The molecule has 1 aromatic carbocycles. The maximum atomic E-state index is 9.92. The molecule has 0 bridgehead atoms. The Balaban J connectivity index is 2.18. The Bertz CT molecular complexity index is 476. The molecule has 5 atom stereocenters. The zero-order chi connectivity index (χ0) is 15.6. The molecule has 0 aromatic heterocycles. The molecule has 5 unspecified atom stereocenters. The highest BCUT2D eigenvalue weighted by molar-refractivity contribution is 5.42. The Kier molecular flexibility index (Phi) is 5.02. The topological polar surface area (TPSA) is 109 Å². The smallest absolute Gasteiger partial charge is 0.229 e. The summed E-state index contributed by atoms with van der Waals surface area (Å²) in [6, 6.07) is 5.19. The Morgan fingerprint density at radius 3 is 2.43 bits per heavy atom. The molecular weight excluding hydrogens is 280 g/mol. The molecule has 0 aliphatic carbocycles. The Labute approximate surface area is 122 Å². The van der Waals surface area contributed by atoms with Gasteiger partial charge in [0, 0.05) is 0 Å². The minimum absolute atomic E-state index is 0.326. The first kappa shape index (κ1) is 16.0. The summed E-state index contributed by atoms with van der Waals surface area (Å²) in [4.78, 5) is 0. The molecule has 1 aliphatic rings. The average molecular weight is 300 g/mol. The lowest BCUT2D eigenvalue weighted by Gasteiger charge is -2.39. The van der Waals surface area contributed by atoms with E-state index in [0.717, 1.165) is 5.56 Å². The van der Waals surface area contributed by atoms with Crippen LogP contribution in [0.3, 0.4) is 0 Å². The van der Waals surface area contributed by atoms with Crippen molar-refractivity contribution in [3.8, 4) is 11.5 Å². The zero-order valence-corrected chi connectivity index (χ0v) is 11.8. The molecule has 21 heavy (non-hydrogen) atoms. The van der Waals surface area contributed by atoms with Crippen LogP contribution in [0.1, 0.15) is 5.56 Å². The number of aryl methyl sites for hydroxylation is 1. The molecule has 1 heterocycles. The van der Waals surface area contributed by atoms with E-state index in [2.05, 4.69) is 0 Å². The standard InChI is InChI=1S/C14H20O7/c1-7-3-4-8(9(5-7)19-2)20-14-13(18)12(17)11(16)10(6-15)21-14/h3-5,10-18H,6H2,1-2H3. The van der Waals surface area contributed by atoms with E-state index < -0.39 is 37.3 Å². The van der Waals surface area contributed by atoms with Gasteiger partial charge >= 0.3 is 0 Å². The molecule has 118 valence electrons. The van der Waals surface area contributed by atoms with Crippen LogP contribution in [0.4, 0.5) is 0 Å². The van der Waals surface area contributed by atoms with E-state index in [-0.39, 0.29) is 0 Å². The van der Waals surface area contributed by atoms with Crippen LogP contribution in [0, 0.1) is 6.92 Å². The number of benzene rings is 1. The molecule has 0 radical (unpaired) electrons. The van der Waals surface area contributed by atoms with E-state index in [9.17, 15) is 15.3 Å². The van der Waals surface area contributed by atoms with Crippen molar-refractivity contribution in [1.82, 2.24) is 0 Å². The van der Waals surface area contributed by atoms with Crippen molar-refractivity contribution in [2.75, 3.05) is 13.7 Å². The van der Waals surface area contributed by atoms with Crippen LogP contribution in [0.2, 0.25) is 0 Å². The van der Waals surface area contributed by atoms with Gasteiger partial charge in [0.05, 0.1) is 13.7 Å². The van der Waals surface area contributed by atoms with Crippen molar-refractivity contribution < 1.29 is 34.6 Å². The predicted molar refractivity (Wildman–Crippen MR) is 72.1 cm³/mol. The van der Waals surface area contributed by atoms with Crippen molar-refractivity contribution in [3.05, 3.63) is 23.8 Å².